The Morgan fingerprint density at radius 2 is 2.06 bits per heavy atom. The second kappa shape index (κ2) is 5.65. The molecule has 2 rings (SSSR count). The molecule has 1 saturated carbocycles. The van der Waals surface area contributed by atoms with Crippen molar-refractivity contribution < 1.29 is 14.2 Å². The van der Waals surface area contributed by atoms with Crippen molar-refractivity contribution in [2.24, 2.45) is 0 Å². The normalized spacial score (nSPS) is 37.2. The second-order valence-electron chi connectivity index (χ2n) is 5.52. The van der Waals surface area contributed by atoms with Crippen LogP contribution in [0.1, 0.15) is 39.5 Å². The fourth-order valence-electron chi connectivity index (χ4n) is 2.76. The van der Waals surface area contributed by atoms with Gasteiger partial charge in [0.15, 0.2) is 5.79 Å². The van der Waals surface area contributed by atoms with Crippen molar-refractivity contribution in [3.8, 4) is 0 Å². The van der Waals surface area contributed by atoms with Crippen LogP contribution in [0.25, 0.3) is 0 Å². The quantitative estimate of drug-likeness (QED) is 0.815. The Balaban J connectivity index is 1.74. The molecule has 1 aliphatic carbocycles. The van der Waals surface area contributed by atoms with Gasteiger partial charge in [-0.2, -0.15) is 0 Å². The molecule has 17 heavy (non-hydrogen) atoms. The van der Waals surface area contributed by atoms with E-state index in [2.05, 4.69) is 5.32 Å². The van der Waals surface area contributed by atoms with Gasteiger partial charge in [0.25, 0.3) is 0 Å². The van der Waals surface area contributed by atoms with Crippen LogP contribution < -0.4 is 5.32 Å². The van der Waals surface area contributed by atoms with Crippen molar-refractivity contribution >= 4 is 0 Å². The minimum Gasteiger partial charge on any atom is -0.380 e. The van der Waals surface area contributed by atoms with E-state index in [4.69, 9.17) is 14.2 Å². The highest BCUT2D eigenvalue weighted by atomic mass is 16.7. The van der Waals surface area contributed by atoms with Gasteiger partial charge in [0, 0.05) is 19.7 Å². The van der Waals surface area contributed by atoms with E-state index < -0.39 is 5.79 Å². The average Bonchev–Trinajstić information content (AvgIpc) is 2.67. The van der Waals surface area contributed by atoms with Crippen LogP contribution in [0, 0.1) is 0 Å². The first-order valence-electron chi connectivity index (χ1n) is 6.69. The smallest absolute Gasteiger partial charge is 0.163 e. The SMILES string of the molecule is COC1CCCCC1NCC1COC(C)(C)O1. The molecule has 1 heterocycles. The molecule has 2 fully saturated rings. The predicted octanol–water partition coefficient (Wildman–Crippen LogP) is 1.69. The molecule has 2 aliphatic rings. The number of hydrogen-bond acceptors (Lipinski definition) is 4. The summed E-state index contributed by atoms with van der Waals surface area (Å²) < 4.78 is 16.9. The number of hydrogen-bond donors (Lipinski definition) is 1. The molecule has 1 saturated heterocycles. The van der Waals surface area contributed by atoms with Gasteiger partial charge in [-0.1, -0.05) is 12.8 Å². The Hall–Kier alpha value is -0.160. The summed E-state index contributed by atoms with van der Waals surface area (Å²) in [6.07, 6.45) is 5.48. The lowest BCUT2D eigenvalue weighted by Gasteiger charge is -2.31. The number of methoxy groups -OCH3 is 1. The molecule has 0 radical (unpaired) electrons. The van der Waals surface area contributed by atoms with Crippen LogP contribution in [-0.4, -0.2) is 44.3 Å². The van der Waals surface area contributed by atoms with Crippen molar-refractivity contribution in [3.63, 3.8) is 0 Å². The van der Waals surface area contributed by atoms with Crippen molar-refractivity contribution in [1.82, 2.24) is 5.32 Å². The van der Waals surface area contributed by atoms with Gasteiger partial charge in [-0.15, -0.1) is 0 Å². The van der Waals surface area contributed by atoms with Crippen LogP contribution in [-0.2, 0) is 14.2 Å². The van der Waals surface area contributed by atoms with Crippen LogP contribution in [0.5, 0.6) is 0 Å². The standard InChI is InChI=1S/C13H25NO3/c1-13(2)16-9-10(17-13)8-14-11-6-4-5-7-12(11)15-3/h10-12,14H,4-9H2,1-3H3. The molecule has 4 nitrogen and oxygen atoms in total. The van der Waals surface area contributed by atoms with Gasteiger partial charge in [0.1, 0.15) is 0 Å². The molecule has 100 valence electrons. The van der Waals surface area contributed by atoms with E-state index in [0.717, 1.165) is 6.54 Å². The van der Waals surface area contributed by atoms with Gasteiger partial charge in [-0.25, -0.2) is 0 Å². The summed E-state index contributed by atoms with van der Waals surface area (Å²) in [7, 11) is 1.81. The summed E-state index contributed by atoms with van der Waals surface area (Å²) in [5, 5.41) is 3.57. The number of nitrogens with one attached hydrogen (secondary N) is 1. The van der Waals surface area contributed by atoms with E-state index in [1.807, 2.05) is 21.0 Å². The molecule has 0 aromatic heterocycles. The lowest BCUT2D eigenvalue weighted by Crippen LogP contribution is -2.46. The Kier molecular flexibility index (Phi) is 4.42. The van der Waals surface area contributed by atoms with E-state index in [1.54, 1.807) is 0 Å². The summed E-state index contributed by atoms with van der Waals surface area (Å²) in [6.45, 7) is 5.47. The highest BCUT2D eigenvalue weighted by molar-refractivity contribution is 4.83. The monoisotopic (exact) mass is 243 g/mol. The molecule has 1 aliphatic heterocycles. The van der Waals surface area contributed by atoms with E-state index in [-0.39, 0.29) is 6.10 Å². The third-order valence-electron chi connectivity index (χ3n) is 3.68. The molecule has 3 unspecified atom stereocenters. The van der Waals surface area contributed by atoms with Gasteiger partial charge in [-0.3, -0.25) is 0 Å². The van der Waals surface area contributed by atoms with Crippen LogP contribution in [0.3, 0.4) is 0 Å². The molecule has 0 bridgehead atoms. The van der Waals surface area contributed by atoms with Crippen LogP contribution >= 0.6 is 0 Å². The number of rotatable bonds is 4. The molecule has 4 heteroatoms. The van der Waals surface area contributed by atoms with Crippen molar-refractivity contribution in [2.45, 2.75) is 63.6 Å². The fraction of sp³-hybridized carbons (Fsp3) is 1.00. The maximum absolute atomic E-state index is 5.78. The predicted molar refractivity (Wildman–Crippen MR) is 66.0 cm³/mol. The summed E-state index contributed by atoms with van der Waals surface area (Å²) >= 11 is 0. The van der Waals surface area contributed by atoms with Crippen LogP contribution in [0.15, 0.2) is 0 Å². The largest absolute Gasteiger partial charge is 0.380 e. The van der Waals surface area contributed by atoms with E-state index in [1.165, 1.54) is 25.7 Å². The summed E-state index contributed by atoms with van der Waals surface area (Å²) in [5.74, 6) is -0.417. The molecular formula is C13H25NO3. The second-order valence-corrected chi connectivity index (χ2v) is 5.52. The van der Waals surface area contributed by atoms with Gasteiger partial charge < -0.3 is 19.5 Å². The molecule has 0 amide bonds. The van der Waals surface area contributed by atoms with E-state index in [0.29, 0.717) is 18.8 Å². The molecule has 0 aromatic rings. The zero-order valence-electron chi connectivity index (χ0n) is 11.2. The Bertz CT molecular complexity index is 245. The minimum absolute atomic E-state index is 0.171. The van der Waals surface area contributed by atoms with Gasteiger partial charge in [-0.05, 0) is 26.7 Å². The van der Waals surface area contributed by atoms with Gasteiger partial charge >= 0.3 is 0 Å². The Morgan fingerprint density at radius 1 is 1.29 bits per heavy atom. The first-order chi connectivity index (χ1) is 8.11. The summed E-state index contributed by atoms with van der Waals surface area (Å²) in [4.78, 5) is 0. The Morgan fingerprint density at radius 3 is 2.71 bits per heavy atom. The zero-order valence-corrected chi connectivity index (χ0v) is 11.2. The molecule has 3 atom stereocenters. The average molecular weight is 243 g/mol. The molecule has 0 aromatic carbocycles. The first-order valence-corrected chi connectivity index (χ1v) is 6.69. The lowest BCUT2D eigenvalue weighted by molar-refractivity contribution is -0.138. The first kappa shape index (κ1) is 13.3. The van der Waals surface area contributed by atoms with Crippen LogP contribution in [0.2, 0.25) is 0 Å². The molecule has 0 spiro atoms. The minimum atomic E-state index is -0.417. The van der Waals surface area contributed by atoms with E-state index >= 15 is 0 Å². The third-order valence-corrected chi connectivity index (χ3v) is 3.68. The third kappa shape index (κ3) is 3.65. The fourth-order valence-corrected chi connectivity index (χ4v) is 2.76. The van der Waals surface area contributed by atoms with Gasteiger partial charge in [0.2, 0.25) is 0 Å². The summed E-state index contributed by atoms with van der Waals surface area (Å²) in [5.41, 5.74) is 0. The highest BCUT2D eigenvalue weighted by Gasteiger charge is 2.33. The van der Waals surface area contributed by atoms with Crippen molar-refractivity contribution in [2.75, 3.05) is 20.3 Å². The van der Waals surface area contributed by atoms with E-state index in [9.17, 15) is 0 Å². The zero-order chi connectivity index (χ0) is 12.3. The van der Waals surface area contributed by atoms with Crippen molar-refractivity contribution in [3.05, 3.63) is 0 Å². The number of ether oxygens (including phenoxy) is 3. The van der Waals surface area contributed by atoms with Crippen LogP contribution in [0.4, 0.5) is 0 Å². The molecular weight excluding hydrogens is 218 g/mol. The maximum atomic E-state index is 5.78. The molecule has 1 N–H and O–H groups in total. The highest BCUT2D eigenvalue weighted by Crippen LogP contribution is 2.23. The lowest BCUT2D eigenvalue weighted by atomic mass is 9.92. The van der Waals surface area contributed by atoms with Crippen molar-refractivity contribution in [1.29, 1.82) is 0 Å². The Labute approximate surface area is 104 Å². The van der Waals surface area contributed by atoms with Gasteiger partial charge in [0.05, 0.1) is 18.8 Å². The summed E-state index contributed by atoms with van der Waals surface area (Å²) in [6, 6.07) is 0.473. The maximum Gasteiger partial charge on any atom is 0.163 e. The topological polar surface area (TPSA) is 39.7 Å².